The van der Waals surface area contributed by atoms with Gasteiger partial charge in [0, 0.05) is 19.2 Å². The third kappa shape index (κ3) is 4.34. The van der Waals surface area contributed by atoms with Gasteiger partial charge in [0.25, 0.3) is 0 Å². The lowest BCUT2D eigenvalue weighted by Gasteiger charge is -2.49. The van der Waals surface area contributed by atoms with Gasteiger partial charge in [-0.3, -0.25) is 0 Å². The van der Waals surface area contributed by atoms with Gasteiger partial charge in [-0.25, -0.2) is 4.79 Å². The highest BCUT2D eigenvalue weighted by Crippen LogP contribution is 2.43. The third-order valence-electron chi connectivity index (χ3n) is 4.64. The summed E-state index contributed by atoms with van der Waals surface area (Å²) in [5.41, 5.74) is 2.25. The van der Waals surface area contributed by atoms with Gasteiger partial charge in [0.05, 0.1) is 19.8 Å². The van der Waals surface area contributed by atoms with Gasteiger partial charge in [-0.2, -0.15) is 0 Å². The van der Waals surface area contributed by atoms with Crippen molar-refractivity contribution in [3.63, 3.8) is 0 Å². The second kappa shape index (κ2) is 8.77. The molecule has 0 saturated carbocycles. The fraction of sp³-hybridized carbons (Fsp3) is 0.381. The van der Waals surface area contributed by atoms with Crippen LogP contribution in [0.4, 0.5) is 5.69 Å². The number of hydrogen-bond acceptors (Lipinski definition) is 6. The summed E-state index contributed by atoms with van der Waals surface area (Å²) in [6, 6.07) is 16.0. The third-order valence-corrected chi connectivity index (χ3v) is 4.64. The molecule has 0 spiro atoms. The van der Waals surface area contributed by atoms with Crippen LogP contribution in [0.5, 0.6) is 11.5 Å². The number of methoxy groups -OCH3 is 2. The Bertz CT molecular complexity index is 744. The van der Waals surface area contributed by atoms with E-state index < -0.39 is 0 Å². The van der Waals surface area contributed by atoms with Crippen molar-refractivity contribution in [2.75, 3.05) is 32.3 Å². The first-order chi connectivity index (χ1) is 13.2. The average molecular weight is 371 g/mol. The molecule has 1 saturated heterocycles. The SMILES string of the molecule is CCOC(=O)COc1ccc([C@@H]2CC(OC)N2c2ccc(OC)cc2)cc1. The van der Waals surface area contributed by atoms with E-state index in [1.165, 1.54) is 5.56 Å². The maximum atomic E-state index is 11.4. The predicted molar refractivity (Wildman–Crippen MR) is 102 cm³/mol. The molecule has 2 aromatic rings. The Kier molecular flexibility index (Phi) is 6.19. The molecule has 6 nitrogen and oxygen atoms in total. The Morgan fingerprint density at radius 1 is 1.04 bits per heavy atom. The number of hydrogen-bond donors (Lipinski definition) is 0. The molecular formula is C21H25NO5. The number of carbonyl (C=O) groups is 1. The first kappa shape index (κ1) is 19.0. The molecule has 2 aromatic carbocycles. The molecule has 3 rings (SSSR count). The van der Waals surface area contributed by atoms with Crippen LogP contribution in [-0.4, -0.2) is 39.6 Å². The van der Waals surface area contributed by atoms with Crippen molar-refractivity contribution in [3.8, 4) is 11.5 Å². The van der Waals surface area contributed by atoms with E-state index in [1.807, 2.05) is 48.5 Å². The van der Waals surface area contributed by atoms with E-state index in [9.17, 15) is 4.79 Å². The highest BCUT2D eigenvalue weighted by atomic mass is 16.6. The smallest absolute Gasteiger partial charge is 0.344 e. The summed E-state index contributed by atoms with van der Waals surface area (Å²) < 4.78 is 21.2. The molecular weight excluding hydrogens is 346 g/mol. The lowest BCUT2D eigenvalue weighted by molar-refractivity contribution is -0.145. The van der Waals surface area contributed by atoms with Gasteiger partial charge in [-0.1, -0.05) is 12.1 Å². The Balaban J connectivity index is 1.68. The van der Waals surface area contributed by atoms with Gasteiger partial charge >= 0.3 is 5.97 Å². The van der Waals surface area contributed by atoms with Crippen LogP contribution >= 0.6 is 0 Å². The standard InChI is InChI=1S/C21H25NO5/c1-4-26-21(23)14-27-18-9-5-15(6-10-18)19-13-20(25-3)22(19)16-7-11-17(24-2)12-8-16/h5-12,19-20H,4,13-14H2,1-3H3/t19-,20?/m0/s1. The Hall–Kier alpha value is -2.73. The highest BCUT2D eigenvalue weighted by molar-refractivity contribution is 5.71. The van der Waals surface area contributed by atoms with E-state index in [2.05, 4.69) is 4.90 Å². The molecule has 144 valence electrons. The minimum absolute atomic E-state index is 0.0446. The molecule has 27 heavy (non-hydrogen) atoms. The van der Waals surface area contributed by atoms with Crippen molar-refractivity contribution in [3.05, 3.63) is 54.1 Å². The summed E-state index contributed by atoms with van der Waals surface area (Å²) in [5, 5.41) is 0. The maximum Gasteiger partial charge on any atom is 0.344 e. The highest BCUT2D eigenvalue weighted by Gasteiger charge is 2.39. The number of nitrogens with zero attached hydrogens (tertiary/aromatic N) is 1. The van der Waals surface area contributed by atoms with Gasteiger partial charge < -0.3 is 23.8 Å². The summed E-state index contributed by atoms with van der Waals surface area (Å²) in [6.45, 7) is 2.04. The first-order valence-electron chi connectivity index (χ1n) is 8.99. The topological polar surface area (TPSA) is 57.2 Å². The number of rotatable bonds is 8. The zero-order valence-corrected chi connectivity index (χ0v) is 15.9. The average Bonchev–Trinajstić information content (AvgIpc) is 2.68. The van der Waals surface area contributed by atoms with Crippen molar-refractivity contribution in [1.82, 2.24) is 0 Å². The van der Waals surface area contributed by atoms with Crippen LogP contribution in [0.15, 0.2) is 48.5 Å². The maximum absolute atomic E-state index is 11.4. The second-order valence-electron chi connectivity index (χ2n) is 6.21. The van der Waals surface area contributed by atoms with Gasteiger partial charge in [0.15, 0.2) is 6.61 Å². The van der Waals surface area contributed by atoms with Gasteiger partial charge in [0.1, 0.15) is 17.7 Å². The normalized spacial score (nSPS) is 18.6. The monoisotopic (exact) mass is 371 g/mol. The lowest BCUT2D eigenvalue weighted by atomic mass is 9.92. The van der Waals surface area contributed by atoms with Crippen LogP contribution in [0.1, 0.15) is 24.9 Å². The van der Waals surface area contributed by atoms with E-state index in [4.69, 9.17) is 18.9 Å². The summed E-state index contributed by atoms with van der Waals surface area (Å²) in [5.74, 6) is 1.10. The van der Waals surface area contributed by atoms with Crippen LogP contribution in [0.2, 0.25) is 0 Å². The fourth-order valence-electron chi connectivity index (χ4n) is 3.22. The van der Waals surface area contributed by atoms with E-state index in [-0.39, 0.29) is 24.8 Å². The molecule has 1 heterocycles. The zero-order valence-electron chi connectivity index (χ0n) is 15.9. The number of carbonyl (C=O) groups excluding carboxylic acids is 1. The van der Waals surface area contributed by atoms with Crippen molar-refractivity contribution in [2.24, 2.45) is 0 Å². The summed E-state index contributed by atoms with van der Waals surface area (Å²) in [7, 11) is 3.38. The fourth-order valence-corrected chi connectivity index (χ4v) is 3.22. The minimum Gasteiger partial charge on any atom is -0.497 e. The van der Waals surface area contributed by atoms with Crippen LogP contribution in [0.3, 0.4) is 0 Å². The first-order valence-corrected chi connectivity index (χ1v) is 8.99. The van der Waals surface area contributed by atoms with Crippen molar-refractivity contribution >= 4 is 11.7 Å². The quantitative estimate of drug-likeness (QED) is 0.662. The van der Waals surface area contributed by atoms with Crippen molar-refractivity contribution in [2.45, 2.75) is 25.6 Å². The number of anilines is 1. The molecule has 0 aromatic heterocycles. The molecule has 1 fully saturated rings. The molecule has 1 aliphatic heterocycles. The van der Waals surface area contributed by atoms with E-state index in [1.54, 1.807) is 21.1 Å². The second-order valence-corrected chi connectivity index (χ2v) is 6.21. The molecule has 0 radical (unpaired) electrons. The molecule has 1 unspecified atom stereocenters. The van der Waals surface area contributed by atoms with E-state index in [0.717, 1.165) is 17.9 Å². The molecule has 2 atom stereocenters. The minimum atomic E-state index is -0.366. The molecule has 1 aliphatic rings. The number of ether oxygens (including phenoxy) is 4. The van der Waals surface area contributed by atoms with Crippen LogP contribution < -0.4 is 14.4 Å². The van der Waals surface area contributed by atoms with Crippen molar-refractivity contribution < 1.29 is 23.7 Å². The van der Waals surface area contributed by atoms with Gasteiger partial charge in [-0.05, 0) is 48.9 Å². The lowest BCUT2D eigenvalue weighted by Crippen LogP contribution is -2.51. The Morgan fingerprint density at radius 3 is 2.30 bits per heavy atom. The van der Waals surface area contributed by atoms with E-state index >= 15 is 0 Å². The summed E-state index contributed by atoms with van der Waals surface area (Å²) in [4.78, 5) is 13.6. The Labute approximate surface area is 159 Å². The van der Waals surface area contributed by atoms with Crippen molar-refractivity contribution in [1.29, 1.82) is 0 Å². The molecule has 0 bridgehead atoms. The molecule has 6 heteroatoms. The predicted octanol–water partition coefficient (Wildman–Crippen LogP) is 3.56. The van der Waals surface area contributed by atoms with Crippen LogP contribution in [-0.2, 0) is 14.3 Å². The van der Waals surface area contributed by atoms with E-state index in [0.29, 0.717) is 12.4 Å². The Morgan fingerprint density at radius 2 is 1.70 bits per heavy atom. The van der Waals surface area contributed by atoms with Gasteiger partial charge in [-0.15, -0.1) is 0 Å². The molecule has 0 amide bonds. The summed E-state index contributed by atoms with van der Waals surface area (Å²) >= 11 is 0. The van der Waals surface area contributed by atoms with Crippen LogP contribution in [0, 0.1) is 0 Å². The summed E-state index contributed by atoms with van der Waals surface area (Å²) in [6.07, 6.45) is 0.953. The molecule has 0 aliphatic carbocycles. The van der Waals surface area contributed by atoms with Crippen LogP contribution in [0.25, 0.3) is 0 Å². The molecule has 0 N–H and O–H groups in total. The number of benzene rings is 2. The zero-order chi connectivity index (χ0) is 19.2. The number of esters is 1. The largest absolute Gasteiger partial charge is 0.497 e. The van der Waals surface area contributed by atoms with Gasteiger partial charge in [0.2, 0.25) is 0 Å².